The van der Waals surface area contributed by atoms with Crippen LogP contribution in [0, 0.1) is 0 Å². The molecule has 0 aliphatic carbocycles. The largest absolute Gasteiger partial charge is 0.508 e. The van der Waals surface area contributed by atoms with E-state index in [9.17, 15) is 23.4 Å². The van der Waals surface area contributed by atoms with Crippen molar-refractivity contribution in [2.45, 2.75) is 11.8 Å². The summed E-state index contributed by atoms with van der Waals surface area (Å²) >= 11 is 0. The van der Waals surface area contributed by atoms with Gasteiger partial charge in [-0.25, -0.2) is 0 Å². The number of aliphatic hydroxyl groups is 1. The monoisotopic (exact) mass is 221 g/mol. The summed E-state index contributed by atoms with van der Waals surface area (Å²) < 4.78 is 37.6. The van der Waals surface area contributed by atoms with Gasteiger partial charge < -0.3 is 15.9 Å². The molecule has 0 saturated carbocycles. The van der Waals surface area contributed by atoms with Gasteiger partial charge in [-0.1, -0.05) is 18.2 Å². The Balaban J connectivity index is 3.30. The van der Waals surface area contributed by atoms with Crippen molar-refractivity contribution in [2.24, 2.45) is 5.73 Å². The van der Waals surface area contributed by atoms with Crippen molar-refractivity contribution in [3.63, 3.8) is 0 Å². The third-order valence-electron chi connectivity index (χ3n) is 2.11. The number of para-hydroxylation sites is 1. The summed E-state index contributed by atoms with van der Waals surface area (Å²) in [7, 11) is 0. The molecule has 84 valence electrons. The maximum atomic E-state index is 12.5. The van der Waals surface area contributed by atoms with Crippen molar-refractivity contribution in [3.8, 4) is 5.75 Å². The molecule has 15 heavy (non-hydrogen) atoms. The van der Waals surface area contributed by atoms with Crippen LogP contribution in [-0.2, 0) is 5.60 Å². The van der Waals surface area contributed by atoms with Crippen LogP contribution < -0.4 is 5.73 Å². The second kappa shape index (κ2) is 3.71. The number of hydrogen-bond donors (Lipinski definition) is 3. The van der Waals surface area contributed by atoms with Crippen LogP contribution in [0.5, 0.6) is 5.75 Å². The van der Waals surface area contributed by atoms with Crippen LogP contribution in [0.3, 0.4) is 0 Å². The van der Waals surface area contributed by atoms with Gasteiger partial charge in [0.15, 0.2) is 0 Å². The lowest BCUT2D eigenvalue weighted by atomic mass is 9.92. The second-order valence-corrected chi connectivity index (χ2v) is 3.08. The average molecular weight is 221 g/mol. The topological polar surface area (TPSA) is 66.5 Å². The molecule has 1 aromatic rings. The number of halogens is 3. The molecule has 6 heteroatoms. The van der Waals surface area contributed by atoms with E-state index < -0.39 is 29.6 Å². The van der Waals surface area contributed by atoms with E-state index in [1.54, 1.807) is 0 Å². The summed E-state index contributed by atoms with van der Waals surface area (Å²) in [5.41, 5.74) is 1.06. The molecule has 0 heterocycles. The highest BCUT2D eigenvalue weighted by molar-refractivity contribution is 5.38. The zero-order valence-electron chi connectivity index (χ0n) is 7.62. The molecule has 1 atom stereocenters. The number of nitrogens with two attached hydrogens (primary N) is 1. The van der Waals surface area contributed by atoms with Crippen LogP contribution in [0.4, 0.5) is 13.2 Å². The van der Waals surface area contributed by atoms with Crippen LogP contribution in [-0.4, -0.2) is 22.9 Å². The summed E-state index contributed by atoms with van der Waals surface area (Å²) in [5, 5.41) is 18.6. The van der Waals surface area contributed by atoms with Crippen LogP contribution >= 0.6 is 0 Å². The van der Waals surface area contributed by atoms with Crippen LogP contribution in [0.2, 0.25) is 0 Å². The van der Waals surface area contributed by atoms with Gasteiger partial charge in [-0.15, -0.1) is 0 Å². The molecule has 0 aromatic heterocycles. The second-order valence-electron chi connectivity index (χ2n) is 3.08. The predicted molar refractivity (Wildman–Crippen MR) is 47.1 cm³/mol. The maximum Gasteiger partial charge on any atom is 0.422 e. The van der Waals surface area contributed by atoms with Crippen molar-refractivity contribution in [1.29, 1.82) is 0 Å². The number of hydrogen-bond acceptors (Lipinski definition) is 3. The van der Waals surface area contributed by atoms with Gasteiger partial charge in [0, 0.05) is 12.1 Å². The summed E-state index contributed by atoms with van der Waals surface area (Å²) in [6.45, 7) is -1.05. The molecule has 3 nitrogen and oxygen atoms in total. The van der Waals surface area contributed by atoms with E-state index in [2.05, 4.69) is 0 Å². The summed E-state index contributed by atoms with van der Waals surface area (Å²) in [4.78, 5) is 0. The molecular formula is C9H10F3NO2. The molecular weight excluding hydrogens is 211 g/mol. The Labute approximate surface area is 84.0 Å². The zero-order chi connectivity index (χ0) is 11.7. The molecule has 0 spiro atoms. The van der Waals surface area contributed by atoms with Gasteiger partial charge in [-0.2, -0.15) is 13.2 Å². The molecule has 0 aliphatic rings. The average Bonchev–Trinajstić information content (AvgIpc) is 2.15. The molecule has 1 unspecified atom stereocenters. The molecule has 0 fully saturated rings. The minimum absolute atomic E-state index is 0.636. The van der Waals surface area contributed by atoms with E-state index in [0.29, 0.717) is 0 Å². The third-order valence-corrected chi connectivity index (χ3v) is 2.11. The molecule has 4 N–H and O–H groups in total. The lowest BCUT2D eigenvalue weighted by molar-refractivity contribution is -0.262. The van der Waals surface area contributed by atoms with E-state index in [-0.39, 0.29) is 0 Å². The Kier molecular flexibility index (Phi) is 2.92. The molecule has 0 bridgehead atoms. The van der Waals surface area contributed by atoms with Gasteiger partial charge in [-0.05, 0) is 6.07 Å². The first-order chi connectivity index (χ1) is 6.83. The van der Waals surface area contributed by atoms with E-state index in [0.717, 1.165) is 12.1 Å². The molecule has 0 saturated heterocycles. The lowest BCUT2D eigenvalue weighted by Crippen LogP contribution is -2.48. The van der Waals surface area contributed by atoms with E-state index in [1.165, 1.54) is 12.1 Å². The molecule has 0 radical (unpaired) electrons. The van der Waals surface area contributed by atoms with Crippen molar-refractivity contribution >= 4 is 0 Å². The number of alkyl halides is 3. The number of rotatable bonds is 2. The Morgan fingerprint density at radius 2 is 1.73 bits per heavy atom. The normalized spacial score (nSPS) is 16.1. The van der Waals surface area contributed by atoms with Crippen LogP contribution in [0.15, 0.2) is 24.3 Å². The first kappa shape index (κ1) is 11.8. The molecule has 0 amide bonds. The summed E-state index contributed by atoms with van der Waals surface area (Å²) in [6.07, 6.45) is -4.93. The number of phenolic OH excluding ortho intramolecular Hbond substituents is 1. The van der Waals surface area contributed by atoms with Gasteiger partial charge in [0.05, 0.1) is 0 Å². The van der Waals surface area contributed by atoms with Gasteiger partial charge in [-0.3, -0.25) is 0 Å². The van der Waals surface area contributed by atoms with Crippen molar-refractivity contribution in [1.82, 2.24) is 0 Å². The van der Waals surface area contributed by atoms with Gasteiger partial charge >= 0.3 is 6.18 Å². The van der Waals surface area contributed by atoms with Gasteiger partial charge in [0.2, 0.25) is 5.60 Å². The fourth-order valence-corrected chi connectivity index (χ4v) is 1.20. The highest BCUT2D eigenvalue weighted by Crippen LogP contribution is 2.41. The Morgan fingerprint density at radius 1 is 1.20 bits per heavy atom. The van der Waals surface area contributed by atoms with E-state index in [4.69, 9.17) is 5.73 Å². The quantitative estimate of drug-likeness (QED) is 0.700. The van der Waals surface area contributed by atoms with Gasteiger partial charge in [0.1, 0.15) is 5.75 Å². The predicted octanol–water partition coefficient (Wildman–Crippen LogP) is 1.10. The Morgan fingerprint density at radius 3 is 2.13 bits per heavy atom. The van der Waals surface area contributed by atoms with Crippen LogP contribution in [0.1, 0.15) is 5.56 Å². The third kappa shape index (κ3) is 1.91. The zero-order valence-corrected chi connectivity index (χ0v) is 7.62. The Hall–Kier alpha value is -1.27. The first-order valence-electron chi connectivity index (χ1n) is 4.10. The van der Waals surface area contributed by atoms with Crippen LogP contribution in [0.25, 0.3) is 0 Å². The van der Waals surface area contributed by atoms with Crippen molar-refractivity contribution < 1.29 is 23.4 Å². The highest BCUT2D eigenvalue weighted by atomic mass is 19.4. The van der Waals surface area contributed by atoms with Gasteiger partial charge in [0.25, 0.3) is 0 Å². The summed E-state index contributed by atoms with van der Waals surface area (Å²) in [5.74, 6) is -0.636. The number of benzene rings is 1. The van der Waals surface area contributed by atoms with Crippen molar-refractivity contribution in [3.05, 3.63) is 29.8 Å². The fraction of sp³-hybridized carbons (Fsp3) is 0.333. The lowest BCUT2D eigenvalue weighted by Gasteiger charge is -2.29. The smallest absolute Gasteiger partial charge is 0.422 e. The molecule has 1 rings (SSSR count). The molecule has 1 aromatic carbocycles. The minimum Gasteiger partial charge on any atom is -0.508 e. The van der Waals surface area contributed by atoms with Crippen molar-refractivity contribution in [2.75, 3.05) is 6.54 Å². The first-order valence-corrected chi connectivity index (χ1v) is 4.10. The van der Waals surface area contributed by atoms with E-state index >= 15 is 0 Å². The Bertz CT molecular complexity index is 353. The summed E-state index contributed by atoms with van der Waals surface area (Å²) in [6, 6.07) is 4.67. The minimum atomic E-state index is -4.93. The standard InChI is InChI=1S/C9H10F3NO2/c10-9(11,12)8(15,5-13)6-3-1-2-4-7(6)14/h1-4,14-15H,5,13H2. The maximum absolute atomic E-state index is 12.5. The molecule has 0 aliphatic heterocycles. The fourth-order valence-electron chi connectivity index (χ4n) is 1.20. The number of aromatic hydroxyl groups is 1. The number of phenols is 1. The van der Waals surface area contributed by atoms with E-state index in [1.807, 2.05) is 0 Å². The highest BCUT2D eigenvalue weighted by Gasteiger charge is 2.55. The SMILES string of the molecule is NCC(O)(c1ccccc1O)C(F)(F)F.